The Kier molecular flexibility index (Phi) is 4.52. The second-order valence-corrected chi connectivity index (χ2v) is 5.43. The molecule has 23 heavy (non-hydrogen) atoms. The molecule has 1 aliphatic heterocycles. The van der Waals surface area contributed by atoms with Gasteiger partial charge in [-0.2, -0.15) is 0 Å². The van der Waals surface area contributed by atoms with Crippen molar-refractivity contribution in [2.75, 3.05) is 11.4 Å². The van der Waals surface area contributed by atoms with Crippen molar-refractivity contribution in [2.24, 2.45) is 0 Å². The average molecular weight is 310 g/mol. The first-order valence-corrected chi connectivity index (χ1v) is 7.51. The van der Waals surface area contributed by atoms with E-state index in [1.807, 2.05) is 42.5 Å². The van der Waals surface area contributed by atoms with Gasteiger partial charge in [0.1, 0.15) is 0 Å². The van der Waals surface area contributed by atoms with Gasteiger partial charge in [-0.15, -0.1) is 0 Å². The second-order valence-electron chi connectivity index (χ2n) is 5.43. The molecule has 0 spiro atoms. The van der Waals surface area contributed by atoms with Crippen LogP contribution >= 0.6 is 0 Å². The quantitative estimate of drug-likeness (QED) is 0.902. The third-order valence-electron chi connectivity index (χ3n) is 3.70. The van der Waals surface area contributed by atoms with Crippen LogP contribution in [0.5, 0.6) is 0 Å². The summed E-state index contributed by atoms with van der Waals surface area (Å²) in [5.41, 5.74) is 1.79. The van der Waals surface area contributed by atoms with Crippen molar-refractivity contribution in [2.45, 2.75) is 19.0 Å². The Balaban J connectivity index is 1.51. The van der Waals surface area contributed by atoms with Gasteiger partial charge in [-0.25, -0.2) is 4.79 Å². The Morgan fingerprint density at radius 2 is 2.04 bits per heavy atom. The van der Waals surface area contributed by atoms with Gasteiger partial charge in [0.05, 0.1) is 6.04 Å². The highest BCUT2D eigenvalue weighted by atomic mass is 16.2. The molecule has 3 amide bonds. The molecule has 1 saturated heterocycles. The second kappa shape index (κ2) is 6.91. The molecule has 1 aliphatic rings. The average Bonchev–Trinajstić information content (AvgIpc) is 2.95. The Bertz CT molecular complexity index is 676. The van der Waals surface area contributed by atoms with Gasteiger partial charge >= 0.3 is 6.03 Å². The molecule has 0 unspecified atom stereocenters. The molecule has 1 aromatic heterocycles. The maximum Gasteiger partial charge on any atom is 0.315 e. The minimum Gasteiger partial charge on any atom is -0.334 e. The van der Waals surface area contributed by atoms with E-state index in [-0.39, 0.29) is 18.0 Å². The van der Waals surface area contributed by atoms with Crippen LogP contribution < -0.4 is 15.5 Å². The van der Waals surface area contributed by atoms with Crippen molar-refractivity contribution < 1.29 is 9.59 Å². The largest absolute Gasteiger partial charge is 0.334 e. The number of nitrogens with zero attached hydrogens (tertiary/aromatic N) is 2. The predicted molar refractivity (Wildman–Crippen MR) is 86.8 cm³/mol. The number of hydrogen-bond acceptors (Lipinski definition) is 3. The summed E-state index contributed by atoms with van der Waals surface area (Å²) >= 11 is 0. The summed E-state index contributed by atoms with van der Waals surface area (Å²) < 4.78 is 0. The molecule has 1 atom stereocenters. The molecule has 0 saturated carbocycles. The summed E-state index contributed by atoms with van der Waals surface area (Å²) in [6.45, 7) is 0.895. The zero-order chi connectivity index (χ0) is 16.1. The van der Waals surface area contributed by atoms with E-state index >= 15 is 0 Å². The minimum atomic E-state index is -0.276. The van der Waals surface area contributed by atoms with Crippen LogP contribution in [0.1, 0.15) is 12.0 Å². The van der Waals surface area contributed by atoms with Gasteiger partial charge in [0.25, 0.3) is 0 Å². The summed E-state index contributed by atoms with van der Waals surface area (Å²) in [5.74, 6) is 0.0220. The van der Waals surface area contributed by atoms with Gasteiger partial charge in [0.2, 0.25) is 5.91 Å². The van der Waals surface area contributed by atoms with Crippen LogP contribution in [0, 0.1) is 0 Å². The third kappa shape index (κ3) is 3.85. The Morgan fingerprint density at radius 1 is 1.22 bits per heavy atom. The molecule has 2 heterocycles. The molecular weight excluding hydrogens is 292 g/mol. The van der Waals surface area contributed by atoms with E-state index < -0.39 is 0 Å². The Labute approximate surface area is 134 Å². The number of amides is 3. The molecule has 6 heteroatoms. The monoisotopic (exact) mass is 310 g/mol. The lowest BCUT2D eigenvalue weighted by Crippen LogP contribution is -2.43. The number of aromatic nitrogens is 1. The first-order valence-electron chi connectivity index (χ1n) is 7.51. The van der Waals surface area contributed by atoms with Crippen LogP contribution in [0.2, 0.25) is 0 Å². The molecule has 2 N–H and O–H groups in total. The molecular formula is C17H18N4O2. The maximum absolute atomic E-state index is 12.1. The molecule has 6 nitrogen and oxygen atoms in total. The molecule has 3 rings (SSSR count). The van der Waals surface area contributed by atoms with Gasteiger partial charge in [-0.05, 0) is 23.8 Å². The first-order chi connectivity index (χ1) is 11.2. The predicted octanol–water partition coefficient (Wildman–Crippen LogP) is 1.69. The number of benzene rings is 1. The van der Waals surface area contributed by atoms with Crippen molar-refractivity contribution in [1.29, 1.82) is 0 Å². The maximum atomic E-state index is 12.1. The van der Waals surface area contributed by atoms with E-state index in [1.54, 1.807) is 17.3 Å². The van der Waals surface area contributed by atoms with Crippen LogP contribution in [0.4, 0.5) is 10.5 Å². The third-order valence-corrected chi connectivity index (χ3v) is 3.70. The van der Waals surface area contributed by atoms with Gasteiger partial charge in [0.15, 0.2) is 0 Å². The topological polar surface area (TPSA) is 74.3 Å². The highest BCUT2D eigenvalue weighted by molar-refractivity contribution is 5.96. The number of urea groups is 1. The van der Waals surface area contributed by atoms with Crippen molar-refractivity contribution in [3.8, 4) is 0 Å². The fourth-order valence-electron chi connectivity index (χ4n) is 2.58. The fraction of sp³-hybridized carbons (Fsp3) is 0.235. The lowest BCUT2D eigenvalue weighted by molar-refractivity contribution is -0.117. The number of pyridine rings is 1. The summed E-state index contributed by atoms with van der Waals surface area (Å²) in [7, 11) is 0. The fourth-order valence-corrected chi connectivity index (χ4v) is 2.58. The number of anilines is 1. The Morgan fingerprint density at radius 3 is 2.78 bits per heavy atom. The van der Waals surface area contributed by atoms with Crippen molar-refractivity contribution in [1.82, 2.24) is 15.6 Å². The van der Waals surface area contributed by atoms with E-state index in [9.17, 15) is 9.59 Å². The van der Waals surface area contributed by atoms with Crippen LogP contribution in [0.15, 0.2) is 54.9 Å². The van der Waals surface area contributed by atoms with Gasteiger partial charge in [-0.3, -0.25) is 9.78 Å². The van der Waals surface area contributed by atoms with Crippen LogP contribution in [-0.2, 0) is 11.3 Å². The number of carbonyl (C=O) groups excluding carboxylic acids is 2. The van der Waals surface area contributed by atoms with Crippen LogP contribution in [0.25, 0.3) is 0 Å². The minimum absolute atomic E-state index is 0.0220. The van der Waals surface area contributed by atoms with E-state index in [2.05, 4.69) is 15.6 Å². The molecule has 1 aromatic carbocycles. The zero-order valence-electron chi connectivity index (χ0n) is 12.6. The number of hydrogen-bond donors (Lipinski definition) is 2. The first kappa shape index (κ1) is 15.0. The summed E-state index contributed by atoms with van der Waals surface area (Å²) in [6.07, 6.45) is 3.71. The van der Waals surface area contributed by atoms with E-state index in [0.29, 0.717) is 19.5 Å². The van der Waals surface area contributed by atoms with E-state index in [4.69, 9.17) is 0 Å². The molecule has 0 bridgehead atoms. The summed E-state index contributed by atoms with van der Waals surface area (Å²) in [5, 5.41) is 5.62. The highest BCUT2D eigenvalue weighted by Crippen LogP contribution is 2.20. The number of para-hydroxylation sites is 1. The lowest BCUT2D eigenvalue weighted by atomic mass is 10.2. The van der Waals surface area contributed by atoms with Crippen LogP contribution in [-0.4, -0.2) is 29.5 Å². The van der Waals surface area contributed by atoms with Gasteiger partial charge < -0.3 is 15.5 Å². The molecule has 0 aliphatic carbocycles. The Hall–Kier alpha value is -2.89. The highest BCUT2D eigenvalue weighted by Gasteiger charge is 2.31. The van der Waals surface area contributed by atoms with Crippen LogP contribution in [0.3, 0.4) is 0 Å². The van der Waals surface area contributed by atoms with Crippen molar-refractivity contribution in [3.05, 3.63) is 60.4 Å². The van der Waals surface area contributed by atoms with Gasteiger partial charge in [-0.1, -0.05) is 24.3 Å². The molecule has 1 fully saturated rings. The summed E-state index contributed by atoms with van der Waals surface area (Å²) in [6, 6.07) is 12.7. The SMILES string of the molecule is O=C(NCc1cccnc1)N[C@H]1CC(=O)N(c2ccccc2)C1. The summed E-state index contributed by atoms with van der Waals surface area (Å²) in [4.78, 5) is 29.7. The zero-order valence-corrected chi connectivity index (χ0v) is 12.6. The lowest BCUT2D eigenvalue weighted by Gasteiger charge is -2.17. The smallest absolute Gasteiger partial charge is 0.315 e. The number of carbonyl (C=O) groups is 2. The van der Waals surface area contributed by atoms with Crippen molar-refractivity contribution >= 4 is 17.6 Å². The van der Waals surface area contributed by atoms with E-state index in [1.165, 1.54) is 0 Å². The van der Waals surface area contributed by atoms with E-state index in [0.717, 1.165) is 11.3 Å². The van der Waals surface area contributed by atoms with Crippen molar-refractivity contribution in [3.63, 3.8) is 0 Å². The molecule has 0 radical (unpaired) electrons. The molecule has 2 aromatic rings. The number of rotatable bonds is 4. The number of nitrogens with one attached hydrogen (secondary N) is 2. The standard InChI is InChI=1S/C17H18N4O2/c22-16-9-14(12-21(16)15-6-2-1-3-7-15)20-17(23)19-11-13-5-4-8-18-10-13/h1-8,10,14H,9,11-12H2,(H2,19,20,23)/t14-/m0/s1. The van der Waals surface area contributed by atoms with Gasteiger partial charge in [0, 0.05) is 37.6 Å². The molecule has 118 valence electrons. The normalized spacial score (nSPS) is 17.1.